The number of methoxy groups -OCH3 is 3. The van der Waals surface area contributed by atoms with Crippen LogP contribution in [-0.4, -0.2) is 46.7 Å². The van der Waals surface area contributed by atoms with Gasteiger partial charge in [-0.25, -0.2) is 4.79 Å². The van der Waals surface area contributed by atoms with E-state index >= 15 is 0 Å². The summed E-state index contributed by atoms with van der Waals surface area (Å²) in [6, 6.07) is 7.25. The highest BCUT2D eigenvalue weighted by molar-refractivity contribution is 5.92. The van der Waals surface area contributed by atoms with Crippen LogP contribution >= 0.6 is 0 Å². The molecular formula is C16H20N2O4. The predicted octanol–water partition coefficient (Wildman–Crippen LogP) is 1.79. The summed E-state index contributed by atoms with van der Waals surface area (Å²) < 4.78 is 15.3. The quantitative estimate of drug-likeness (QED) is 0.610. The zero-order chi connectivity index (χ0) is 16.1. The number of benzene rings is 1. The van der Waals surface area contributed by atoms with Gasteiger partial charge in [-0.1, -0.05) is 0 Å². The summed E-state index contributed by atoms with van der Waals surface area (Å²) in [5, 5.41) is 9.23. The second-order valence-corrected chi connectivity index (χ2v) is 5.17. The largest absolute Gasteiger partial charge is 0.465 e. The molecule has 0 aromatic heterocycles. The van der Waals surface area contributed by atoms with Crippen LogP contribution in [0.25, 0.3) is 0 Å². The first-order valence-electron chi connectivity index (χ1n) is 7.07. The third-order valence-corrected chi connectivity index (χ3v) is 3.97. The van der Waals surface area contributed by atoms with Crippen molar-refractivity contribution in [2.45, 2.75) is 12.7 Å². The van der Waals surface area contributed by atoms with Crippen LogP contribution in [0.4, 0.5) is 5.69 Å². The molecule has 6 heteroatoms. The number of carbonyl (C=O) groups excluding carboxylic acids is 1. The summed E-state index contributed by atoms with van der Waals surface area (Å²) in [5.74, 6) is -0.220. The van der Waals surface area contributed by atoms with Gasteiger partial charge in [-0.15, -0.1) is 0 Å². The van der Waals surface area contributed by atoms with Crippen molar-refractivity contribution in [3.8, 4) is 6.07 Å². The van der Waals surface area contributed by atoms with Gasteiger partial charge in [0.2, 0.25) is 0 Å². The van der Waals surface area contributed by atoms with Crippen molar-refractivity contribution >= 4 is 11.7 Å². The molecular weight excluding hydrogens is 284 g/mol. The maximum absolute atomic E-state index is 11.6. The van der Waals surface area contributed by atoms with Gasteiger partial charge in [0.05, 0.1) is 18.2 Å². The molecule has 1 aliphatic rings. The Hall–Kier alpha value is -2.10. The minimum atomic E-state index is -0.499. The fourth-order valence-corrected chi connectivity index (χ4v) is 2.83. The summed E-state index contributed by atoms with van der Waals surface area (Å²) in [6.07, 6.45) is 0.724. The third kappa shape index (κ3) is 3.21. The second-order valence-electron chi connectivity index (χ2n) is 5.17. The Kier molecular flexibility index (Phi) is 5.36. The molecule has 1 aromatic carbocycles. The molecule has 1 aromatic rings. The van der Waals surface area contributed by atoms with E-state index in [2.05, 4.69) is 15.7 Å². The number of anilines is 1. The molecule has 1 fully saturated rings. The number of rotatable bonds is 5. The Bertz CT molecular complexity index is 578. The number of nitrogens with zero attached hydrogens (tertiary/aromatic N) is 2. The number of nitriles is 1. The standard InChI is InChI=1S/C16H20N2O4/c1-20-15(19)14-5-4-13(8-12(14)9-17)18-7-6-11(10-18)16(21-2)22-3/h4-5,8,11,16H,6-7,10H2,1-3H3/t11-/m1/s1. The first-order valence-corrected chi connectivity index (χ1v) is 7.07. The van der Waals surface area contributed by atoms with Crippen molar-refractivity contribution in [3.63, 3.8) is 0 Å². The molecule has 6 nitrogen and oxygen atoms in total. The highest BCUT2D eigenvalue weighted by atomic mass is 16.7. The second kappa shape index (κ2) is 7.25. The molecule has 1 saturated heterocycles. The van der Waals surface area contributed by atoms with Gasteiger partial charge in [-0.05, 0) is 24.6 Å². The van der Waals surface area contributed by atoms with Crippen LogP contribution in [0.15, 0.2) is 18.2 Å². The SMILES string of the molecule is COC(=O)c1ccc(N2CC[C@@H](C(OC)OC)C2)cc1C#N. The Labute approximate surface area is 130 Å². The Balaban J connectivity index is 2.18. The number of ether oxygens (including phenoxy) is 3. The molecule has 1 aliphatic heterocycles. The first-order chi connectivity index (χ1) is 10.6. The maximum atomic E-state index is 11.6. The van der Waals surface area contributed by atoms with Crippen LogP contribution in [-0.2, 0) is 14.2 Å². The van der Waals surface area contributed by atoms with E-state index in [9.17, 15) is 10.1 Å². The van der Waals surface area contributed by atoms with Gasteiger partial charge in [-0.3, -0.25) is 0 Å². The smallest absolute Gasteiger partial charge is 0.339 e. The molecule has 1 atom stereocenters. The topological polar surface area (TPSA) is 71.8 Å². The molecule has 22 heavy (non-hydrogen) atoms. The van der Waals surface area contributed by atoms with E-state index < -0.39 is 5.97 Å². The van der Waals surface area contributed by atoms with Crippen molar-refractivity contribution in [2.75, 3.05) is 39.3 Å². The first kappa shape index (κ1) is 16.3. The number of esters is 1. The maximum Gasteiger partial charge on any atom is 0.339 e. The van der Waals surface area contributed by atoms with Crippen molar-refractivity contribution in [1.29, 1.82) is 5.26 Å². The summed E-state index contributed by atoms with van der Waals surface area (Å²) in [7, 11) is 4.57. The monoisotopic (exact) mass is 304 g/mol. The third-order valence-electron chi connectivity index (χ3n) is 3.97. The fourth-order valence-electron chi connectivity index (χ4n) is 2.83. The molecule has 0 spiro atoms. The molecule has 0 saturated carbocycles. The Morgan fingerprint density at radius 3 is 2.68 bits per heavy atom. The van der Waals surface area contributed by atoms with Gasteiger partial charge in [0.25, 0.3) is 0 Å². The zero-order valence-electron chi connectivity index (χ0n) is 13.0. The molecule has 0 unspecified atom stereocenters. The summed E-state index contributed by atoms with van der Waals surface area (Å²) >= 11 is 0. The van der Waals surface area contributed by atoms with Gasteiger partial charge < -0.3 is 19.1 Å². The molecule has 2 rings (SSSR count). The van der Waals surface area contributed by atoms with Crippen LogP contribution in [0.2, 0.25) is 0 Å². The van der Waals surface area contributed by atoms with Crippen molar-refractivity contribution in [3.05, 3.63) is 29.3 Å². The van der Waals surface area contributed by atoms with Gasteiger partial charge in [0.1, 0.15) is 6.07 Å². The van der Waals surface area contributed by atoms with Gasteiger partial charge in [-0.2, -0.15) is 5.26 Å². The van der Waals surface area contributed by atoms with Crippen LogP contribution < -0.4 is 4.90 Å². The highest BCUT2D eigenvalue weighted by Gasteiger charge is 2.30. The lowest BCUT2D eigenvalue weighted by Crippen LogP contribution is -2.28. The van der Waals surface area contributed by atoms with Crippen molar-refractivity contribution in [1.82, 2.24) is 0 Å². The van der Waals surface area contributed by atoms with Gasteiger partial charge in [0.15, 0.2) is 6.29 Å². The summed E-state index contributed by atoms with van der Waals surface area (Å²) in [5.41, 5.74) is 1.52. The zero-order valence-corrected chi connectivity index (χ0v) is 13.0. The Morgan fingerprint density at radius 1 is 1.36 bits per heavy atom. The average molecular weight is 304 g/mol. The Morgan fingerprint density at radius 2 is 2.09 bits per heavy atom. The van der Waals surface area contributed by atoms with Gasteiger partial charge >= 0.3 is 5.97 Å². The lowest BCUT2D eigenvalue weighted by molar-refractivity contribution is -0.132. The molecule has 0 N–H and O–H groups in total. The number of hydrogen-bond donors (Lipinski definition) is 0. The van der Waals surface area contributed by atoms with Crippen LogP contribution in [0.3, 0.4) is 0 Å². The van der Waals surface area contributed by atoms with Gasteiger partial charge in [0, 0.05) is 38.9 Å². The molecule has 118 valence electrons. The van der Waals surface area contributed by atoms with Crippen LogP contribution in [0, 0.1) is 17.2 Å². The van der Waals surface area contributed by atoms with Crippen molar-refractivity contribution in [2.24, 2.45) is 5.92 Å². The fraction of sp³-hybridized carbons (Fsp3) is 0.500. The summed E-state index contributed by atoms with van der Waals surface area (Å²) in [6.45, 7) is 1.64. The van der Waals surface area contributed by atoms with Crippen LogP contribution in [0.5, 0.6) is 0 Å². The van der Waals surface area contributed by atoms with E-state index in [1.807, 2.05) is 6.07 Å². The predicted molar refractivity (Wildman–Crippen MR) is 80.6 cm³/mol. The average Bonchev–Trinajstić information content (AvgIpc) is 3.04. The normalized spacial score (nSPS) is 17.6. The minimum Gasteiger partial charge on any atom is -0.465 e. The number of carbonyl (C=O) groups is 1. The van der Waals surface area contributed by atoms with E-state index in [0.717, 1.165) is 25.2 Å². The summed E-state index contributed by atoms with van der Waals surface area (Å²) in [4.78, 5) is 13.8. The van der Waals surface area contributed by atoms with E-state index in [0.29, 0.717) is 5.56 Å². The van der Waals surface area contributed by atoms with E-state index in [4.69, 9.17) is 9.47 Å². The highest BCUT2D eigenvalue weighted by Crippen LogP contribution is 2.28. The van der Waals surface area contributed by atoms with Crippen LogP contribution in [0.1, 0.15) is 22.3 Å². The lowest BCUT2D eigenvalue weighted by Gasteiger charge is -2.22. The lowest BCUT2D eigenvalue weighted by atomic mass is 10.1. The van der Waals surface area contributed by atoms with Crippen molar-refractivity contribution < 1.29 is 19.0 Å². The molecule has 0 amide bonds. The minimum absolute atomic E-state index is 0.227. The van der Waals surface area contributed by atoms with E-state index in [1.165, 1.54) is 7.11 Å². The van der Waals surface area contributed by atoms with E-state index in [1.54, 1.807) is 26.4 Å². The van der Waals surface area contributed by atoms with E-state index in [-0.39, 0.29) is 17.8 Å². The molecule has 0 radical (unpaired) electrons. The number of hydrogen-bond acceptors (Lipinski definition) is 6. The molecule has 1 heterocycles. The molecule has 0 bridgehead atoms. The molecule has 0 aliphatic carbocycles.